The highest BCUT2D eigenvalue weighted by Gasteiger charge is 2.20. The van der Waals surface area contributed by atoms with Gasteiger partial charge in [-0.1, -0.05) is 12.1 Å². The molecule has 0 aliphatic rings. The maximum Gasteiger partial charge on any atom is 0.335 e. The number of carboxylic acid groups (broad SMARTS) is 1. The van der Waals surface area contributed by atoms with Crippen molar-refractivity contribution in [1.29, 1.82) is 0 Å². The minimum absolute atomic E-state index is 0.145. The number of esters is 1. The van der Waals surface area contributed by atoms with Crippen LogP contribution in [0.2, 0.25) is 0 Å². The summed E-state index contributed by atoms with van der Waals surface area (Å²) >= 11 is 0. The minimum atomic E-state index is -0.957. The maximum absolute atomic E-state index is 11.8. The average Bonchev–Trinajstić information content (AvgIpc) is 2.37. The van der Waals surface area contributed by atoms with Crippen LogP contribution in [-0.4, -0.2) is 41.1 Å². The number of hydrogen-bond acceptors (Lipinski definition) is 4. The first-order chi connectivity index (χ1) is 9.31. The van der Waals surface area contributed by atoms with E-state index in [2.05, 4.69) is 0 Å². The average molecular weight is 279 g/mol. The van der Waals surface area contributed by atoms with E-state index >= 15 is 0 Å². The molecular weight excluding hydrogens is 258 g/mol. The molecule has 0 aliphatic carbocycles. The molecule has 110 valence electrons. The number of benzene rings is 1. The van der Waals surface area contributed by atoms with Crippen LogP contribution < -0.4 is 0 Å². The van der Waals surface area contributed by atoms with E-state index in [1.54, 1.807) is 46.0 Å². The first kappa shape index (κ1) is 16.2. The lowest BCUT2D eigenvalue weighted by Crippen LogP contribution is -2.37. The standard InChI is InChI=1S/C15H21NO4/c1-10(2)20-15(19)11(3)16(4)9-12-6-5-7-13(8-12)14(17)18/h5-8,10-11H,9H2,1-4H3,(H,17,18). The quantitative estimate of drug-likeness (QED) is 0.808. The van der Waals surface area contributed by atoms with E-state index in [0.29, 0.717) is 6.54 Å². The van der Waals surface area contributed by atoms with Crippen molar-refractivity contribution in [2.24, 2.45) is 0 Å². The lowest BCUT2D eigenvalue weighted by Gasteiger charge is -2.24. The second-order valence-corrected chi connectivity index (χ2v) is 5.08. The molecule has 5 heteroatoms. The number of nitrogens with zero attached hydrogens (tertiary/aromatic N) is 1. The molecule has 1 aromatic rings. The summed E-state index contributed by atoms with van der Waals surface area (Å²) in [5.74, 6) is -1.24. The molecule has 1 rings (SSSR count). The molecule has 0 spiro atoms. The second kappa shape index (κ2) is 7.05. The van der Waals surface area contributed by atoms with Crippen LogP contribution in [-0.2, 0) is 16.1 Å². The molecule has 20 heavy (non-hydrogen) atoms. The van der Waals surface area contributed by atoms with Gasteiger partial charge in [-0.3, -0.25) is 9.69 Å². The van der Waals surface area contributed by atoms with Crippen molar-refractivity contribution in [2.75, 3.05) is 7.05 Å². The van der Waals surface area contributed by atoms with Gasteiger partial charge in [-0.15, -0.1) is 0 Å². The predicted molar refractivity (Wildman–Crippen MR) is 75.6 cm³/mol. The van der Waals surface area contributed by atoms with E-state index in [4.69, 9.17) is 9.84 Å². The zero-order chi connectivity index (χ0) is 15.3. The maximum atomic E-state index is 11.8. The van der Waals surface area contributed by atoms with Crippen molar-refractivity contribution < 1.29 is 19.4 Å². The molecule has 1 aromatic carbocycles. The van der Waals surface area contributed by atoms with Gasteiger partial charge in [0, 0.05) is 6.54 Å². The highest BCUT2D eigenvalue weighted by atomic mass is 16.5. The lowest BCUT2D eigenvalue weighted by atomic mass is 10.1. The molecule has 0 radical (unpaired) electrons. The smallest absolute Gasteiger partial charge is 0.335 e. The number of carboxylic acids is 1. The summed E-state index contributed by atoms with van der Waals surface area (Å²) in [6, 6.07) is 6.31. The topological polar surface area (TPSA) is 66.8 Å². The monoisotopic (exact) mass is 279 g/mol. The molecule has 1 unspecified atom stereocenters. The van der Waals surface area contributed by atoms with Crippen LogP contribution in [0.25, 0.3) is 0 Å². The number of likely N-dealkylation sites (N-methyl/N-ethyl adjacent to an activating group) is 1. The highest BCUT2D eigenvalue weighted by molar-refractivity contribution is 5.87. The fraction of sp³-hybridized carbons (Fsp3) is 0.467. The Morgan fingerprint density at radius 1 is 1.30 bits per heavy atom. The zero-order valence-electron chi connectivity index (χ0n) is 12.3. The molecule has 1 atom stereocenters. The molecule has 0 saturated carbocycles. The third-order valence-corrected chi connectivity index (χ3v) is 2.96. The summed E-state index contributed by atoms with van der Waals surface area (Å²) in [4.78, 5) is 24.5. The largest absolute Gasteiger partial charge is 0.478 e. The Kier molecular flexibility index (Phi) is 5.70. The molecule has 0 fully saturated rings. The van der Waals surface area contributed by atoms with Crippen molar-refractivity contribution in [3.63, 3.8) is 0 Å². The van der Waals surface area contributed by atoms with Gasteiger partial charge in [0.15, 0.2) is 0 Å². The van der Waals surface area contributed by atoms with Crippen LogP contribution in [0.15, 0.2) is 24.3 Å². The normalized spacial score (nSPS) is 12.5. The fourth-order valence-electron chi connectivity index (χ4n) is 1.74. The summed E-state index contributed by atoms with van der Waals surface area (Å²) in [6.07, 6.45) is -0.145. The van der Waals surface area contributed by atoms with Crippen molar-refractivity contribution >= 4 is 11.9 Å². The number of hydrogen-bond donors (Lipinski definition) is 1. The van der Waals surface area contributed by atoms with Crippen LogP contribution in [0.3, 0.4) is 0 Å². The predicted octanol–water partition coefficient (Wildman–Crippen LogP) is 2.16. The van der Waals surface area contributed by atoms with Crippen LogP contribution in [0.4, 0.5) is 0 Å². The summed E-state index contributed by atoms with van der Waals surface area (Å²) in [7, 11) is 1.81. The van der Waals surface area contributed by atoms with Crippen LogP contribution in [0.5, 0.6) is 0 Å². The van der Waals surface area contributed by atoms with Gasteiger partial charge >= 0.3 is 11.9 Å². The SMILES string of the molecule is CC(C)OC(=O)C(C)N(C)Cc1cccc(C(=O)O)c1. The van der Waals surface area contributed by atoms with E-state index in [1.165, 1.54) is 0 Å². The minimum Gasteiger partial charge on any atom is -0.478 e. The summed E-state index contributed by atoms with van der Waals surface area (Å²) < 4.78 is 5.16. The van der Waals surface area contributed by atoms with E-state index in [1.807, 2.05) is 11.0 Å². The lowest BCUT2D eigenvalue weighted by molar-refractivity contribution is -0.152. The van der Waals surface area contributed by atoms with Crippen LogP contribution in [0, 0.1) is 0 Å². The van der Waals surface area contributed by atoms with Gasteiger partial charge in [-0.05, 0) is 45.5 Å². The Balaban J connectivity index is 2.70. The molecule has 0 heterocycles. The van der Waals surface area contributed by atoms with Gasteiger partial charge in [-0.2, -0.15) is 0 Å². The summed E-state index contributed by atoms with van der Waals surface area (Å²) in [5, 5.41) is 8.95. The van der Waals surface area contributed by atoms with Gasteiger partial charge in [0.1, 0.15) is 6.04 Å². The summed E-state index contributed by atoms with van der Waals surface area (Å²) in [5.41, 5.74) is 1.09. The molecule has 0 amide bonds. The number of ether oxygens (including phenoxy) is 1. The van der Waals surface area contributed by atoms with Gasteiger partial charge < -0.3 is 9.84 Å². The van der Waals surface area contributed by atoms with Crippen molar-refractivity contribution in [3.8, 4) is 0 Å². The third kappa shape index (κ3) is 4.66. The molecule has 0 aliphatic heterocycles. The van der Waals surface area contributed by atoms with Crippen LogP contribution >= 0.6 is 0 Å². The second-order valence-electron chi connectivity index (χ2n) is 5.08. The molecule has 0 aromatic heterocycles. The van der Waals surface area contributed by atoms with E-state index in [-0.39, 0.29) is 23.7 Å². The zero-order valence-corrected chi connectivity index (χ0v) is 12.3. The third-order valence-electron chi connectivity index (χ3n) is 2.96. The Morgan fingerprint density at radius 3 is 2.50 bits per heavy atom. The number of carbonyl (C=O) groups is 2. The van der Waals surface area contributed by atoms with Gasteiger partial charge in [0.25, 0.3) is 0 Å². The number of aromatic carboxylic acids is 1. The molecule has 0 bridgehead atoms. The van der Waals surface area contributed by atoms with Crippen molar-refractivity contribution in [1.82, 2.24) is 4.90 Å². The first-order valence-electron chi connectivity index (χ1n) is 6.54. The first-order valence-corrected chi connectivity index (χ1v) is 6.54. The number of rotatable bonds is 6. The molecule has 5 nitrogen and oxygen atoms in total. The van der Waals surface area contributed by atoms with Crippen molar-refractivity contribution in [3.05, 3.63) is 35.4 Å². The van der Waals surface area contributed by atoms with Gasteiger partial charge in [0.05, 0.1) is 11.7 Å². The van der Waals surface area contributed by atoms with E-state index in [9.17, 15) is 9.59 Å². The van der Waals surface area contributed by atoms with E-state index in [0.717, 1.165) is 5.56 Å². The van der Waals surface area contributed by atoms with Gasteiger partial charge in [-0.25, -0.2) is 4.79 Å². The molecule has 0 saturated heterocycles. The molecular formula is C15H21NO4. The highest BCUT2D eigenvalue weighted by Crippen LogP contribution is 2.10. The summed E-state index contributed by atoms with van der Waals surface area (Å²) in [6.45, 7) is 5.86. The Bertz CT molecular complexity index is 485. The molecule has 1 N–H and O–H groups in total. The van der Waals surface area contributed by atoms with Gasteiger partial charge in [0.2, 0.25) is 0 Å². The van der Waals surface area contributed by atoms with Crippen molar-refractivity contribution in [2.45, 2.75) is 39.5 Å². The Hall–Kier alpha value is -1.88. The fourth-order valence-corrected chi connectivity index (χ4v) is 1.74. The Labute approximate surface area is 119 Å². The number of carbonyl (C=O) groups excluding carboxylic acids is 1. The van der Waals surface area contributed by atoms with E-state index < -0.39 is 5.97 Å². The van der Waals surface area contributed by atoms with Crippen LogP contribution in [0.1, 0.15) is 36.7 Å². The Morgan fingerprint density at radius 2 is 1.95 bits per heavy atom.